The highest BCUT2D eigenvalue weighted by Crippen LogP contribution is 2.31. The Labute approximate surface area is 86.5 Å². The van der Waals surface area contributed by atoms with Gasteiger partial charge in [-0.1, -0.05) is 5.16 Å². The molecule has 0 aliphatic heterocycles. The molecule has 0 saturated heterocycles. The summed E-state index contributed by atoms with van der Waals surface area (Å²) in [4.78, 5) is 11.1. The molecule has 0 aliphatic rings. The van der Waals surface area contributed by atoms with Crippen LogP contribution in [0.15, 0.2) is 26.5 Å². The second-order valence-corrected chi connectivity index (χ2v) is 4.75. The number of aromatic nitrogens is 1. The summed E-state index contributed by atoms with van der Waals surface area (Å²) in [6, 6.07) is 5.36. The van der Waals surface area contributed by atoms with Gasteiger partial charge in [0.05, 0.1) is 8.66 Å². The standard InChI is InChI=1S/C8H3BrNO2S/c9-8-2-1-7(13-8)6-3-5(4-11)10-12-6/h1-3H. The molecule has 2 rings (SSSR count). The molecule has 0 spiro atoms. The van der Waals surface area contributed by atoms with E-state index in [-0.39, 0.29) is 5.69 Å². The van der Waals surface area contributed by atoms with Crippen LogP contribution in [0.25, 0.3) is 10.6 Å². The Balaban J connectivity index is 2.40. The van der Waals surface area contributed by atoms with E-state index in [0.717, 1.165) is 8.66 Å². The van der Waals surface area contributed by atoms with Crippen molar-refractivity contribution in [2.75, 3.05) is 0 Å². The maximum atomic E-state index is 10.2. The average molecular weight is 257 g/mol. The van der Waals surface area contributed by atoms with Crippen molar-refractivity contribution in [3.63, 3.8) is 0 Å². The van der Waals surface area contributed by atoms with Crippen LogP contribution in [0, 0.1) is 0 Å². The minimum atomic E-state index is 0.194. The second kappa shape index (κ2) is 3.43. The zero-order chi connectivity index (χ0) is 9.26. The lowest BCUT2D eigenvalue weighted by atomic mass is 10.3. The molecule has 0 aromatic carbocycles. The highest BCUT2D eigenvalue weighted by molar-refractivity contribution is 9.11. The molecule has 3 nitrogen and oxygen atoms in total. The van der Waals surface area contributed by atoms with Crippen molar-refractivity contribution < 1.29 is 9.32 Å². The van der Waals surface area contributed by atoms with Crippen LogP contribution in [0.1, 0.15) is 5.69 Å². The predicted molar refractivity (Wildman–Crippen MR) is 52.3 cm³/mol. The van der Waals surface area contributed by atoms with Crippen molar-refractivity contribution in [2.45, 2.75) is 0 Å². The minimum absolute atomic E-state index is 0.194. The fraction of sp³-hybridized carbons (Fsp3) is 0. The quantitative estimate of drug-likeness (QED) is 0.830. The number of rotatable bonds is 2. The molecular weight excluding hydrogens is 254 g/mol. The van der Waals surface area contributed by atoms with Crippen LogP contribution in [-0.4, -0.2) is 11.4 Å². The van der Waals surface area contributed by atoms with Gasteiger partial charge in [-0.05, 0) is 28.1 Å². The van der Waals surface area contributed by atoms with E-state index < -0.39 is 0 Å². The smallest absolute Gasteiger partial charge is 0.257 e. The summed E-state index contributed by atoms with van der Waals surface area (Å²) >= 11 is 4.85. The first-order valence-electron chi connectivity index (χ1n) is 3.40. The number of hydrogen-bond donors (Lipinski definition) is 0. The first-order valence-corrected chi connectivity index (χ1v) is 5.01. The number of hydrogen-bond acceptors (Lipinski definition) is 4. The number of thiophene rings is 1. The summed E-state index contributed by atoms with van der Waals surface area (Å²) in [5, 5.41) is 3.51. The van der Waals surface area contributed by atoms with Crippen LogP contribution >= 0.6 is 27.3 Å². The minimum Gasteiger partial charge on any atom is -0.355 e. The van der Waals surface area contributed by atoms with Gasteiger partial charge in [0, 0.05) is 6.07 Å². The van der Waals surface area contributed by atoms with Gasteiger partial charge >= 0.3 is 0 Å². The lowest BCUT2D eigenvalue weighted by Gasteiger charge is -1.83. The SMILES string of the molecule is O=[C]c1cc(-c2ccc(Br)s2)on1. The third kappa shape index (κ3) is 1.71. The van der Waals surface area contributed by atoms with Gasteiger partial charge in [-0.15, -0.1) is 11.3 Å². The Kier molecular flexibility index (Phi) is 2.28. The summed E-state index contributed by atoms with van der Waals surface area (Å²) < 4.78 is 5.94. The Hall–Kier alpha value is -0.940. The van der Waals surface area contributed by atoms with Crippen molar-refractivity contribution in [1.29, 1.82) is 0 Å². The van der Waals surface area contributed by atoms with Crippen molar-refractivity contribution in [1.82, 2.24) is 5.16 Å². The van der Waals surface area contributed by atoms with Crippen LogP contribution in [0.2, 0.25) is 0 Å². The van der Waals surface area contributed by atoms with Gasteiger partial charge in [-0.2, -0.15) is 0 Å². The third-order valence-electron chi connectivity index (χ3n) is 1.43. The Morgan fingerprint density at radius 2 is 2.38 bits per heavy atom. The van der Waals surface area contributed by atoms with E-state index in [9.17, 15) is 4.79 Å². The zero-order valence-corrected chi connectivity index (χ0v) is 8.68. The largest absolute Gasteiger partial charge is 0.355 e. The molecule has 0 fully saturated rings. The van der Waals surface area contributed by atoms with Gasteiger partial charge in [0.15, 0.2) is 11.5 Å². The van der Waals surface area contributed by atoms with Crippen molar-refractivity contribution in [3.05, 3.63) is 27.7 Å². The molecule has 0 N–H and O–H groups in total. The Bertz CT molecular complexity index is 435. The fourth-order valence-electron chi connectivity index (χ4n) is 0.886. The first kappa shape index (κ1) is 8.65. The molecule has 2 aromatic heterocycles. The monoisotopic (exact) mass is 256 g/mol. The molecule has 2 heterocycles. The van der Waals surface area contributed by atoms with E-state index in [4.69, 9.17) is 4.52 Å². The van der Waals surface area contributed by atoms with E-state index in [0.29, 0.717) is 5.76 Å². The van der Waals surface area contributed by atoms with E-state index in [2.05, 4.69) is 21.1 Å². The van der Waals surface area contributed by atoms with Gasteiger partial charge < -0.3 is 4.52 Å². The molecule has 0 saturated carbocycles. The van der Waals surface area contributed by atoms with E-state index in [1.54, 1.807) is 12.4 Å². The van der Waals surface area contributed by atoms with Gasteiger partial charge in [0.25, 0.3) is 6.29 Å². The maximum absolute atomic E-state index is 10.2. The third-order valence-corrected chi connectivity index (χ3v) is 3.07. The molecule has 65 valence electrons. The lowest BCUT2D eigenvalue weighted by Crippen LogP contribution is -1.73. The van der Waals surface area contributed by atoms with Crippen LogP contribution in [0.5, 0.6) is 0 Å². The summed E-state index contributed by atoms with van der Waals surface area (Å²) in [7, 11) is 0. The molecule has 0 unspecified atom stereocenters. The van der Waals surface area contributed by atoms with E-state index in [1.165, 1.54) is 11.3 Å². The molecule has 5 heteroatoms. The van der Waals surface area contributed by atoms with E-state index >= 15 is 0 Å². The van der Waals surface area contributed by atoms with Gasteiger partial charge in [0.2, 0.25) is 0 Å². The normalized spacial score (nSPS) is 10.2. The molecule has 1 radical (unpaired) electrons. The average Bonchev–Trinajstić information content (AvgIpc) is 2.71. The summed E-state index contributed by atoms with van der Waals surface area (Å²) in [5.41, 5.74) is 0.194. The predicted octanol–water partition coefficient (Wildman–Crippen LogP) is 2.62. The van der Waals surface area contributed by atoms with Gasteiger partial charge in [0.1, 0.15) is 0 Å². The highest BCUT2D eigenvalue weighted by atomic mass is 79.9. The first-order chi connectivity index (χ1) is 6.29. The Morgan fingerprint density at radius 1 is 1.54 bits per heavy atom. The van der Waals surface area contributed by atoms with Crippen molar-refractivity contribution >= 4 is 33.6 Å². The van der Waals surface area contributed by atoms with Crippen LogP contribution in [0.4, 0.5) is 0 Å². The summed E-state index contributed by atoms with van der Waals surface area (Å²) in [6.45, 7) is 0. The van der Waals surface area contributed by atoms with Gasteiger partial charge in [-0.25, -0.2) is 0 Å². The summed E-state index contributed by atoms with van der Waals surface area (Å²) in [5.74, 6) is 0.592. The van der Waals surface area contributed by atoms with Crippen molar-refractivity contribution in [2.24, 2.45) is 0 Å². The topological polar surface area (TPSA) is 43.1 Å². The highest BCUT2D eigenvalue weighted by Gasteiger charge is 2.08. The fourth-order valence-corrected chi connectivity index (χ4v) is 2.22. The molecule has 0 aliphatic carbocycles. The molecule has 0 atom stereocenters. The summed E-state index contributed by atoms with van der Waals surface area (Å²) in [6.07, 6.45) is 1.66. The zero-order valence-electron chi connectivity index (χ0n) is 6.28. The molecule has 0 amide bonds. The molecule has 13 heavy (non-hydrogen) atoms. The number of carbonyl (C=O) groups excluding carboxylic acids is 1. The van der Waals surface area contributed by atoms with Crippen LogP contribution < -0.4 is 0 Å². The lowest BCUT2D eigenvalue weighted by molar-refractivity contribution is 0.430. The molecule has 0 bridgehead atoms. The number of nitrogens with zero attached hydrogens (tertiary/aromatic N) is 1. The van der Waals surface area contributed by atoms with Crippen molar-refractivity contribution in [3.8, 4) is 10.6 Å². The van der Waals surface area contributed by atoms with E-state index in [1.807, 2.05) is 12.1 Å². The molecule has 2 aromatic rings. The van der Waals surface area contributed by atoms with Gasteiger partial charge in [-0.3, -0.25) is 4.79 Å². The Morgan fingerprint density at radius 3 is 2.92 bits per heavy atom. The second-order valence-electron chi connectivity index (χ2n) is 2.28. The van der Waals surface area contributed by atoms with Crippen LogP contribution in [0.3, 0.4) is 0 Å². The maximum Gasteiger partial charge on any atom is 0.257 e. The number of halogens is 1. The molecular formula is C8H3BrNO2S. The van der Waals surface area contributed by atoms with Crippen LogP contribution in [-0.2, 0) is 4.79 Å².